The van der Waals surface area contributed by atoms with Gasteiger partial charge in [0, 0.05) is 13.1 Å². The Kier molecular flexibility index (Phi) is 3.86. The Bertz CT molecular complexity index is 561. The molecular weight excluding hydrogens is 243 g/mol. The van der Waals surface area contributed by atoms with Gasteiger partial charge in [-0.15, -0.1) is 0 Å². The molecule has 0 unspecified atom stereocenters. The molecule has 0 spiro atoms. The smallest absolute Gasteiger partial charge is 0.207 e. The average molecular weight is 256 g/mol. The summed E-state index contributed by atoms with van der Waals surface area (Å²) in [6.07, 6.45) is 0. The molecule has 0 radical (unpaired) electrons. The molecule has 0 bridgehead atoms. The maximum absolute atomic E-state index is 13.3. The van der Waals surface area contributed by atoms with Gasteiger partial charge in [0.15, 0.2) is 0 Å². The largest absolute Gasteiger partial charge is 0.244 e. The topological polar surface area (TPSA) is 61.2 Å². The van der Waals surface area contributed by atoms with Crippen molar-refractivity contribution in [2.24, 2.45) is 0 Å². The van der Waals surface area contributed by atoms with E-state index in [0.717, 1.165) is 10.4 Å². The highest BCUT2D eigenvalue weighted by Gasteiger charge is 2.27. The molecule has 1 aromatic carbocycles. The molecule has 0 N–H and O–H groups in total. The molecule has 0 atom stereocenters. The highest BCUT2D eigenvalue weighted by molar-refractivity contribution is 7.89. The number of hydrogen-bond donors (Lipinski definition) is 0. The SMILES string of the molecule is CC(C)N(C)S(=O)(=O)c1cccc(F)c1C#N. The molecule has 0 aromatic heterocycles. The van der Waals surface area contributed by atoms with Gasteiger partial charge in [0.1, 0.15) is 22.3 Å². The summed E-state index contributed by atoms with van der Waals surface area (Å²) >= 11 is 0. The van der Waals surface area contributed by atoms with E-state index in [-0.39, 0.29) is 10.9 Å². The van der Waals surface area contributed by atoms with Gasteiger partial charge >= 0.3 is 0 Å². The zero-order chi connectivity index (χ0) is 13.2. The standard InChI is InChI=1S/C11H13FN2O2S/c1-8(2)14(3)17(15,16)11-6-4-5-10(12)9(11)7-13/h4-6,8H,1-3H3. The Labute approximate surface area is 100 Å². The molecule has 0 aliphatic carbocycles. The van der Waals surface area contributed by atoms with E-state index in [1.165, 1.54) is 19.2 Å². The highest BCUT2D eigenvalue weighted by atomic mass is 32.2. The first kappa shape index (κ1) is 13.6. The van der Waals surface area contributed by atoms with Gasteiger partial charge in [-0.3, -0.25) is 0 Å². The van der Waals surface area contributed by atoms with Crippen LogP contribution in [0.2, 0.25) is 0 Å². The molecule has 4 nitrogen and oxygen atoms in total. The highest BCUT2D eigenvalue weighted by Crippen LogP contribution is 2.22. The first-order chi connectivity index (χ1) is 7.82. The van der Waals surface area contributed by atoms with Crippen LogP contribution in [-0.4, -0.2) is 25.8 Å². The van der Waals surface area contributed by atoms with E-state index >= 15 is 0 Å². The van der Waals surface area contributed by atoms with E-state index in [4.69, 9.17) is 5.26 Å². The van der Waals surface area contributed by atoms with Crippen LogP contribution in [0.5, 0.6) is 0 Å². The molecule has 0 aliphatic heterocycles. The third-order valence-electron chi connectivity index (χ3n) is 2.47. The minimum atomic E-state index is -3.83. The quantitative estimate of drug-likeness (QED) is 0.827. The summed E-state index contributed by atoms with van der Waals surface area (Å²) in [5.74, 6) is -0.828. The van der Waals surface area contributed by atoms with Crippen molar-refractivity contribution in [2.75, 3.05) is 7.05 Å². The first-order valence-electron chi connectivity index (χ1n) is 4.99. The zero-order valence-corrected chi connectivity index (χ0v) is 10.6. The van der Waals surface area contributed by atoms with Crippen molar-refractivity contribution in [1.29, 1.82) is 5.26 Å². The molecule has 17 heavy (non-hydrogen) atoms. The average Bonchev–Trinajstić information content (AvgIpc) is 2.27. The second-order valence-electron chi connectivity index (χ2n) is 3.84. The van der Waals surface area contributed by atoms with E-state index in [2.05, 4.69) is 0 Å². The van der Waals surface area contributed by atoms with Gasteiger partial charge in [0.05, 0.1) is 0 Å². The van der Waals surface area contributed by atoms with E-state index in [1.54, 1.807) is 19.9 Å². The normalized spacial score (nSPS) is 11.8. The molecule has 0 saturated heterocycles. The lowest BCUT2D eigenvalue weighted by Crippen LogP contribution is -2.33. The van der Waals surface area contributed by atoms with Crippen LogP contribution in [0.15, 0.2) is 23.1 Å². The van der Waals surface area contributed by atoms with Gasteiger partial charge in [-0.25, -0.2) is 12.8 Å². The molecular formula is C11H13FN2O2S. The Balaban J connectivity index is 3.46. The summed E-state index contributed by atoms with van der Waals surface area (Å²) in [5.41, 5.74) is -0.444. The molecule has 0 saturated carbocycles. The second-order valence-corrected chi connectivity index (χ2v) is 5.81. The number of benzene rings is 1. The fourth-order valence-corrected chi connectivity index (χ4v) is 2.78. The van der Waals surface area contributed by atoms with Crippen LogP contribution < -0.4 is 0 Å². The van der Waals surface area contributed by atoms with E-state index in [0.29, 0.717) is 0 Å². The Morgan fingerprint density at radius 1 is 1.41 bits per heavy atom. The maximum atomic E-state index is 13.3. The van der Waals surface area contributed by atoms with Crippen molar-refractivity contribution in [1.82, 2.24) is 4.31 Å². The third kappa shape index (κ3) is 2.46. The number of nitrogens with zero attached hydrogens (tertiary/aromatic N) is 2. The van der Waals surface area contributed by atoms with Crippen LogP contribution in [0.3, 0.4) is 0 Å². The lowest BCUT2D eigenvalue weighted by atomic mass is 10.2. The van der Waals surface area contributed by atoms with Crippen molar-refractivity contribution < 1.29 is 12.8 Å². The van der Waals surface area contributed by atoms with Crippen molar-refractivity contribution in [3.8, 4) is 6.07 Å². The Morgan fingerprint density at radius 3 is 2.47 bits per heavy atom. The minimum Gasteiger partial charge on any atom is -0.207 e. The predicted octanol–water partition coefficient (Wildman–Crippen LogP) is 1.73. The molecule has 0 amide bonds. The lowest BCUT2D eigenvalue weighted by molar-refractivity contribution is 0.410. The first-order valence-corrected chi connectivity index (χ1v) is 6.43. The van der Waals surface area contributed by atoms with Crippen LogP contribution in [0.25, 0.3) is 0 Å². The van der Waals surface area contributed by atoms with Gasteiger partial charge < -0.3 is 0 Å². The fourth-order valence-electron chi connectivity index (χ4n) is 1.26. The molecule has 1 aromatic rings. The van der Waals surface area contributed by atoms with Crippen LogP contribution >= 0.6 is 0 Å². The van der Waals surface area contributed by atoms with Crippen LogP contribution in [0.1, 0.15) is 19.4 Å². The van der Waals surface area contributed by atoms with Gasteiger partial charge in [-0.2, -0.15) is 9.57 Å². The van der Waals surface area contributed by atoms with E-state index in [9.17, 15) is 12.8 Å². The summed E-state index contributed by atoms with van der Waals surface area (Å²) in [6.45, 7) is 3.39. The maximum Gasteiger partial charge on any atom is 0.244 e. The molecule has 6 heteroatoms. The molecule has 0 fully saturated rings. The molecule has 0 heterocycles. The van der Waals surface area contributed by atoms with Gasteiger partial charge in [0.25, 0.3) is 0 Å². The summed E-state index contributed by atoms with van der Waals surface area (Å²) in [4.78, 5) is -0.295. The van der Waals surface area contributed by atoms with Gasteiger partial charge in [-0.1, -0.05) is 6.07 Å². The van der Waals surface area contributed by atoms with Crippen LogP contribution in [-0.2, 0) is 10.0 Å². The Hall–Kier alpha value is -1.45. The molecule has 0 aliphatic rings. The van der Waals surface area contributed by atoms with E-state index in [1.807, 2.05) is 0 Å². The number of rotatable bonds is 3. The van der Waals surface area contributed by atoms with Gasteiger partial charge in [0.2, 0.25) is 10.0 Å². The monoisotopic (exact) mass is 256 g/mol. The summed E-state index contributed by atoms with van der Waals surface area (Å²) < 4.78 is 38.7. The third-order valence-corrected chi connectivity index (χ3v) is 4.55. The Morgan fingerprint density at radius 2 is 2.00 bits per heavy atom. The molecule has 1 rings (SSSR count). The van der Waals surface area contributed by atoms with E-state index < -0.39 is 21.4 Å². The number of sulfonamides is 1. The number of nitriles is 1. The van der Waals surface area contributed by atoms with Crippen molar-refractivity contribution in [3.05, 3.63) is 29.6 Å². The van der Waals surface area contributed by atoms with Crippen molar-refractivity contribution in [3.63, 3.8) is 0 Å². The van der Waals surface area contributed by atoms with Gasteiger partial charge in [-0.05, 0) is 26.0 Å². The summed E-state index contributed by atoms with van der Waals surface area (Å²) in [5, 5.41) is 8.81. The lowest BCUT2D eigenvalue weighted by Gasteiger charge is -2.21. The fraction of sp³-hybridized carbons (Fsp3) is 0.364. The van der Waals surface area contributed by atoms with Crippen molar-refractivity contribution >= 4 is 10.0 Å². The number of halogens is 1. The van der Waals surface area contributed by atoms with Crippen LogP contribution in [0.4, 0.5) is 4.39 Å². The second kappa shape index (κ2) is 4.82. The molecule has 92 valence electrons. The summed E-state index contributed by atoms with van der Waals surface area (Å²) in [6, 6.07) is 4.88. The minimum absolute atomic E-state index is 0.269. The van der Waals surface area contributed by atoms with Crippen molar-refractivity contribution in [2.45, 2.75) is 24.8 Å². The zero-order valence-electron chi connectivity index (χ0n) is 9.81. The van der Waals surface area contributed by atoms with Crippen LogP contribution in [0, 0.1) is 17.1 Å². The summed E-state index contributed by atoms with van der Waals surface area (Å²) in [7, 11) is -2.44. The predicted molar refractivity (Wildman–Crippen MR) is 61.2 cm³/mol. The number of hydrogen-bond acceptors (Lipinski definition) is 3.